The quantitative estimate of drug-likeness (QED) is 0.486. The van der Waals surface area contributed by atoms with Gasteiger partial charge in [0.05, 0.1) is 12.0 Å². The van der Waals surface area contributed by atoms with Crippen LogP contribution < -0.4 is 5.73 Å². The molecule has 1 aliphatic carbocycles. The van der Waals surface area contributed by atoms with E-state index in [0.29, 0.717) is 6.42 Å². The molecule has 128 valence electrons. The predicted octanol–water partition coefficient (Wildman–Crippen LogP) is 3.37. The van der Waals surface area contributed by atoms with Crippen LogP contribution in [0.15, 0.2) is 0 Å². The van der Waals surface area contributed by atoms with E-state index in [1.165, 1.54) is 0 Å². The number of nitrogens with two attached hydrogens (primary N) is 1. The van der Waals surface area contributed by atoms with Crippen LogP contribution in [0.2, 0.25) is 18.1 Å². The van der Waals surface area contributed by atoms with E-state index in [-0.39, 0.29) is 16.6 Å². The number of hydrogen-bond donors (Lipinski definition) is 1. The van der Waals surface area contributed by atoms with Crippen LogP contribution in [0.25, 0.3) is 0 Å². The Kier molecular flexibility index (Phi) is 5.34. The van der Waals surface area contributed by atoms with Gasteiger partial charge in [0.1, 0.15) is 0 Å². The van der Waals surface area contributed by atoms with Gasteiger partial charge in [-0.05, 0) is 36.4 Å². The second kappa shape index (κ2) is 6.20. The maximum atomic E-state index is 12.2. The Balaban J connectivity index is 2.86. The maximum absolute atomic E-state index is 12.2. The molecule has 22 heavy (non-hydrogen) atoms. The Morgan fingerprint density at radius 1 is 1.14 bits per heavy atom. The molecule has 0 aromatic rings. The van der Waals surface area contributed by atoms with E-state index in [9.17, 15) is 9.59 Å². The van der Waals surface area contributed by atoms with Crippen LogP contribution in [-0.4, -0.2) is 26.5 Å². The largest absolute Gasteiger partial charge is 0.447 e. The number of carbonyl (C=O) groups excluding carboxylic acids is 2. The SMILES string of the molecule is CC1(C)C[C@H](O[Si](C)(C)C(C)(C)C)[C@@H](C(=O)OOC(N)=O)C1. The maximum Gasteiger partial charge on any atom is 0.447 e. The van der Waals surface area contributed by atoms with Gasteiger partial charge in [0.15, 0.2) is 8.32 Å². The number of carbonyl (C=O) groups is 2. The Bertz CT molecular complexity index is 442. The first-order valence-corrected chi connectivity index (χ1v) is 10.5. The molecule has 6 nitrogen and oxygen atoms in total. The minimum Gasteiger partial charge on any atom is -0.413 e. The number of hydrogen-bond acceptors (Lipinski definition) is 5. The van der Waals surface area contributed by atoms with Crippen molar-refractivity contribution in [2.75, 3.05) is 0 Å². The minimum atomic E-state index is -2.01. The fourth-order valence-corrected chi connectivity index (χ4v) is 3.91. The molecule has 1 aliphatic rings. The van der Waals surface area contributed by atoms with Crippen LogP contribution >= 0.6 is 0 Å². The Morgan fingerprint density at radius 2 is 1.68 bits per heavy atom. The summed E-state index contributed by atoms with van der Waals surface area (Å²) in [6.45, 7) is 15.0. The molecule has 0 aliphatic heterocycles. The molecule has 1 amide bonds. The van der Waals surface area contributed by atoms with Gasteiger partial charge >= 0.3 is 12.1 Å². The molecule has 0 radical (unpaired) electrons. The summed E-state index contributed by atoms with van der Waals surface area (Å²) in [6, 6.07) is 0. The fourth-order valence-electron chi connectivity index (χ4n) is 2.56. The molecule has 0 heterocycles. The van der Waals surface area contributed by atoms with Crippen molar-refractivity contribution in [1.29, 1.82) is 0 Å². The van der Waals surface area contributed by atoms with Gasteiger partial charge in [0.25, 0.3) is 0 Å². The van der Waals surface area contributed by atoms with E-state index < -0.39 is 26.3 Å². The molecule has 1 fully saturated rings. The van der Waals surface area contributed by atoms with E-state index in [2.05, 4.69) is 57.5 Å². The third-order valence-electron chi connectivity index (χ3n) is 4.74. The number of amides is 1. The first-order chi connectivity index (χ1) is 9.75. The second-order valence-electron chi connectivity index (χ2n) is 8.40. The zero-order chi connectivity index (χ0) is 17.3. The highest BCUT2D eigenvalue weighted by molar-refractivity contribution is 6.74. The van der Waals surface area contributed by atoms with Crippen LogP contribution in [0.4, 0.5) is 4.79 Å². The smallest absolute Gasteiger partial charge is 0.413 e. The van der Waals surface area contributed by atoms with Gasteiger partial charge in [-0.25, -0.2) is 19.4 Å². The molecule has 0 aromatic carbocycles. The first kappa shape index (κ1) is 19.0. The van der Waals surface area contributed by atoms with Gasteiger partial charge < -0.3 is 10.2 Å². The summed E-state index contributed by atoms with van der Waals surface area (Å²) in [4.78, 5) is 31.5. The molecule has 7 heteroatoms. The van der Waals surface area contributed by atoms with Crippen molar-refractivity contribution >= 4 is 20.4 Å². The molecule has 1 rings (SSSR count). The third-order valence-corrected chi connectivity index (χ3v) is 9.24. The van der Waals surface area contributed by atoms with Crippen LogP contribution in [-0.2, 0) is 19.0 Å². The lowest BCUT2D eigenvalue weighted by Crippen LogP contribution is -2.46. The van der Waals surface area contributed by atoms with Gasteiger partial charge in [-0.15, -0.1) is 0 Å². The van der Waals surface area contributed by atoms with Crippen molar-refractivity contribution < 1.29 is 23.8 Å². The van der Waals surface area contributed by atoms with Crippen molar-refractivity contribution in [3.8, 4) is 0 Å². The average Bonchev–Trinajstić information content (AvgIpc) is 2.59. The van der Waals surface area contributed by atoms with Crippen molar-refractivity contribution in [2.45, 2.75) is 71.7 Å². The molecule has 0 saturated heterocycles. The molecular weight excluding hydrogens is 302 g/mol. The molecular formula is C15H29NO5Si. The second-order valence-corrected chi connectivity index (χ2v) is 13.2. The summed E-state index contributed by atoms with van der Waals surface area (Å²) in [6.07, 6.45) is 0.0515. The normalized spacial score (nSPS) is 24.9. The lowest BCUT2D eigenvalue weighted by Gasteiger charge is -2.39. The Labute approximate surface area is 133 Å². The standard InChI is InChI=1S/C15H29NO5Si/c1-14(2,3)22(6,7)21-11-9-15(4,5)8-10(11)12(17)19-20-13(16)18/h10-11H,8-9H2,1-7H3,(H2,16,18)/t10-,11-/m0/s1. The van der Waals surface area contributed by atoms with E-state index in [1.807, 2.05) is 0 Å². The molecule has 0 unspecified atom stereocenters. The van der Waals surface area contributed by atoms with E-state index in [0.717, 1.165) is 6.42 Å². The molecule has 0 aromatic heterocycles. The summed E-state index contributed by atoms with van der Waals surface area (Å²) in [5.41, 5.74) is 4.80. The minimum absolute atomic E-state index is 0.0244. The number of primary amides is 1. The summed E-state index contributed by atoms with van der Waals surface area (Å²) in [5, 5.41) is 0.0535. The Hall–Kier alpha value is -1.08. The van der Waals surface area contributed by atoms with Gasteiger partial charge in [-0.2, -0.15) is 0 Å². The van der Waals surface area contributed by atoms with Crippen molar-refractivity contribution in [2.24, 2.45) is 17.1 Å². The molecule has 0 spiro atoms. The highest BCUT2D eigenvalue weighted by Gasteiger charge is 2.49. The summed E-state index contributed by atoms with van der Waals surface area (Å²) in [7, 11) is -2.01. The first-order valence-electron chi connectivity index (χ1n) is 7.61. The van der Waals surface area contributed by atoms with Crippen LogP contribution in [0, 0.1) is 11.3 Å². The summed E-state index contributed by atoms with van der Waals surface area (Å²) < 4.78 is 6.41. The van der Waals surface area contributed by atoms with Crippen molar-refractivity contribution in [1.82, 2.24) is 0 Å². The summed E-state index contributed by atoms with van der Waals surface area (Å²) in [5.74, 6) is -1.03. The van der Waals surface area contributed by atoms with Crippen LogP contribution in [0.5, 0.6) is 0 Å². The lowest BCUT2D eigenvalue weighted by atomic mass is 9.91. The lowest BCUT2D eigenvalue weighted by molar-refractivity contribution is -0.237. The third kappa shape index (κ3) is 4.71. The van der Waals surface area contributed by atoms with Crippen LogP contribution in [0.3, 0.4) is 0 Å². The van der Waals surface area contributed by atoms with Crippen molar-refractivity contribution in [3.05, 3.63) is 0 Å². The van der Waals surface area contributed by atoms with Gasteiger partial charge in [0.2, 0.25) is 0 Å². The van der Waals surface area contributed by atoms with E-state index in [4.69, 9.17) is 10.2 Å². The van der Waals surface area contributed by atoms with E-state index >= 15 is 0 Å². The Morgan fingerprint density at radius 3 is 2.14 bits per heavy atom. The molecule has 1 saturated carbocycles. The van der Waals surface area contributed by atoms with Crippen molar-refractivity contribution in [3.63, 3.8) is 0 Å². The number of rotatable bonds is 3. The molecule has 2 atom stereocenters. The highest BCUT2D eigenvalue weighted by Crippen LogP contribution is 2.47. The average molecular weight is 331 g/mol. The highest BCUT2D eigenvalue weighted by atomic mass is 28.4. The van der Waals surface area contributed by atoms with Gasteiger partial charge in [0, 0.05) is 0 Å². The predicted molar refractivity (Wildman–Crippen MR) is 85.3 cm³/mol. The summed E-state index contributed by atoms with van der Waals surface area (Å²) >= 11 is 0. The van der Waals surface area contributed by atoms with E-state index in [1.54, 1.807) is 0 Å². The topological polar surface area (TPSA) is 87.8 Å². The van der Waals surface area contributed by atoms with Gasteiger partial charge in [-0.1, -0.05) is 34.6 Å². The molecule has 2 N–H and O–H groups in total. The zero-order valence-electron chi connectivity index (χ0n) is 14.7. The van der Waals surface area contributed by atoms with Crippen LogP contribution in [0.1, 0.15) is 47.5 Å². The monoisotopic (exact) mass is 331 g/mol. The fraction of sp³-hybridized carbons (Fsp3) is 0.867. The zero-order valence-corrected chi connectivity index (χ0v) is 15.7. The molecule has 0 bridgehead atoms. The van der Waals surface area contributed by atoms with Gasteiger partial charge in [-0.3, -0.25) is 0 Å².